The van der Waals surface area contributed by atoms with Crippen LogP contribution in [0.25, 0.3) is 11.0 Å². The van der Waals surface area contributed by atoms with Crippen LogP contribution in [0.1, 0.15) is 24.2 Å². The smallest absolute Gasteiger partial charge is 0.206 e. The summed E-state index contributed by atoms with van der Waals surface area (Å²) in [6.07, 6.45) is 2.62. The Morgan fingerprint density at radius 2 is 1.74 bits per heavy atom. The molecule has 1 fully saturated rings. The second-order valence-corrected chi connectivity index (χ2v) is 9.21. The number of rotatable bonds is 2. The van der Waals surface area contributed by atoms with Crippen LogP contribution in [0.5, 0.6) is 0 Å². The summed E-state index contributed by atoms with van der Waals surface area (Å²) < 4.78 is 37.7. The van der Waals surface area contributed by atoms with E-state index in [2.05, 4.69) is 5.32 Å². The van der Waals surface area contributed by atoms with Crippen LogP contribution in [0.2, 0.25) is 0 Å². The standard InChI is InChI=1S/C21H21NO4S/c23-27(24,15-4-2-1-3-5-15)16-6-7-17-18-8-11-22-21(9-12-25-13-10-21)20(18)26-19(17)14-16/h1-7,14,22H,8-13H2. The fraction of sp³-hybridized carbons (Fsp3) is 0.333. The molecule has 1 spiro atoms. The average Bonchev–Trinajstić information content (AvgIpc) is 3.09. The summed E-state index contributed by atoms with van der Waals surface area (Å²) in [6.45, 7) is 2.31. The van der Waals surface area contributed by atoms with Crippen LogP contribution < -0.4 is 5.32 Å². The minimum absolute atomic E-state index is 0.191. The molecule has 0 amide bonds. The third-order valence-electron chi connectivity index (χ3n) is 5.75. The van der Waals surface area contributed by atoms with Crippen LogP contribution in [0.3, 0.4) is 0 Å². The van der Waals surface area contributed by atoms with E-state index in [1.165, 1.54) is 5.56 Å². The van der Waals surface area contributed by atoms with Crippen molar-refractivity contribution in [2.75, 3.05) is 19.8 Å². The molecule has 3 aromatic rings. The second-order valence-electron chi connectivity index (χ2n) is 7.26. The zero-order chi connectivity index (χ0) is 18.5. The third kappa shape index (κ3) is 2.63. The van der Waals surface area contributed by atoms with Gasteiger partial charge in [-0.25, -0.2) is 8.42 Å². The highest BCUT2D eigenvalue weighted by Crippen LogP contribution is 2.42. The number of furan rings is 1. The molecule has 2 aliphatic heterocycles. The quantitative estimate of drug-likeness (QED) is 0.734. The molecule has 0 radical (unpaired) electrons. The van der Waals surface area contributed by atoms with Gasteiger partial charge in [-0.1, -0.05) is 18.2 Å². The van der Waals surface area contributed by atoms with Gasteiger partial charge in [-0.05, 0) is 43.5 Å². The summed E-state index contributed by atoms with van der Waals surface area (Å²) in [5.41, 5.74) is 1.66. The molecule has 1 saturated heterocycles. The first-order chi connectivity index (χ1) is 13.1. The van der Waals surface area contributed by atoms with Crippen molar-refractivity contribution < 1.29 is 17.6 Å². The van der Waals surface area contributed by atoms with Crippen LogP contribution in [-0.4, -0.2) is 28.2 Å². The van der Waals surface area contributed by atoms with Gasteiger partial charge < -0.3 is 14.5 Å². The number of fused-ring (bicyclic) bond motifs is 4. The third-order valence-corrected chi connectivity index (χ3v) is 7.51. The molecule has 2 aromatic carbocycles. The van der Waals surface area contributed by atoms with Gasteiger partial charge in [0.15, 0.2) is 0 Å². The van der Waals surface area contributed by atoms with E-state index in [9.17, 15) is 8.42 Å². The van der Waals surface area contributed by atoms with Gasteiger partial charge in [-0.15, -0.1) is 0 Å². The molecule has 5 rings (SSSR count). The summed E-state index contributed by atoms with van der Waals surface area (Å²) in [4.78, 5) is 0.560. The van der Waals surface area contributed by atoms with E-state index in [-0.39, 0.29) is 10.4 Å². The van der Waals surface area contributed by atoms with Crippen molar-refractivity contribution in [3.05, 3.63) is 59.9 Å². The lowest BCUT2D eigenvalue weighted by molar-refractivity contribution is 0.0252. The molecule has 1 aromatic heterocycles. The lowest BCUT2D eigenvalue weighted by Crippen LogP contribution is -2.50. The first-order valence-corrected chi connectivity index (χ1v) is 10.8. The normalized spacial score (nSPS) is 19.3. The van der Waals surface area contributed by atoms with Crippen LogP contribution in [0.15, 0.2) is 62.7 Å². The minimum Gasteiger partial charge on any atom is -0.459 e. The summed E-state index contributed by atoms with van der Waals surface area (Å²) in [5.74, 6) is 0.960. The predicted octanol–water partition coefficient (Wildman–Crippen LogP) is 3.42. The van der Waals surface area contributed by atoms with E-state index in [0.29, 0.717) is 23.7 Å². The van der Waals surface area contributed by atoms with Crippen molar-refractivity contribution in [1.82, 2.24) is 5.32 Å². The monoisotopic (exact) mass is 383 g/mol. The highest BCUT2D eigenvalue weighted by atomic mass is 32.2. The maximum Gasteiger partial charge on any atom is 0.206 e. The molecule has 140 valence electrons. The Morgan fingerprint density at radius 3 is 2.52 bits per heavy atom. The lowest BCUT2D eigenvalue weighted by Gasteiger charge is -2.39. The van der Waals surface area contributed by atoms with E-state index in [0.717, 1.165) is 37.0 Å². The summed E-state index contributed by atoms with van der Waals surface area (Å²) in [7, 11) is -3.56. The van der Waals surface area contributed by atoms with Crippen LogP contribution in [0, 0.1) is 0 Å². The first kappa shape index (κ1) is 17.0. The predicted molar refractivity (Wildman–Crippen MR) is 102 cm³/mol. The Morgan fingerprint density at radius 1 is 0.963 bits per heavy atom. The fourth-order valence-corrected chi connectivity index (χ4v) is 5.60. The zero-order valence-electron chi connectivity index (χ0n) is 14.9. The number of sulfone groups is 1. The Balaban J connectivity index is 1.64. The Labute approximate surface area is 158 Å². The molecule has 0 aliphatic carbocycles. The Hall–Kier alpha value is -2.15. The molecule has 27 heavy (non-hydrogen) atoms. The van der Waals surface area contributed by atoms with Crippen LogP contribution >= 0.6 is 0 Å². The van der Waals surface area contributed by atoms with E-state index < -0.39 is 9.84 Å². The van der Waals surface area contributed by atoms with Gasteiger partial charge in [0, 0.05) is 36.8 Å². The summed E-state index contributed by atoms with van der Waals surface area (Å²) >= 11 is 0. The van der Waals surface area contributed by atoms with E-state index >= 15 is 0 Å². The number of hydrogen-bond donors (Lipinski definition) is 1. The molecule has 0 atom stereocenters. The highest BCUT2D eigenvalue weighted by Gasteiger charge is 2.42. The summed E-state index contributed by atoms with van der Waals surface area (Å²) in [5, 5.41) is 4.65. The molecule has 2 aliphatic rings. The first-order valence-electron chi connectivity index (χ1n) is 9.29. The number of benzene rings is 2. The number of nitrogens with one attached hydrogen (secondary N) is 1. The molecule has 0 saturated carbocycles. The molecular weight excluding hydrogens is 362 g/mol. The van der Waals surface area contributed by atoms with Crippen molar-refractivity contribution in [3.8, 4) is 0 Å². The van der Waals surface area contributed by atoms with Crippen LogP contribution in [0.4, 0.5) is 0 Å². The Bertz CT molecular complexity index is 1100. The fourth-order valence-electron chi connectivity index (χ4n) is 4.30. The highest BCUT2D eigenvalue weighted by molar-refractivity contribution is 7.91. The number of hydrogen-bond acceptors (Lipinski definition) is 5. The van der Waals surface area contributed by atoms with Crippen molar-refractivity contribution >= 4 is 20.8 Å². The maximum absolute atomic E-state index is 12.9. The van der Waals surface area contributed by atoms with Gasteiger partial charge in [-0.2, -0.15) is 0 Å². The molecule has 6 heteroatoms. The van der Waals surface area contributed by atoms with Crippen molar-refractivity contribution in [1.29, 1.82) is 0 Å². The average molecular weight is 383 g/mol. The molecule has 3 heterocycles. The molecule has 1 N–H and O–H groups in total. The van der Waals surface area contributed by atoms with Gasteiger partial charge in [0.1, 0.15) is 11.3 Å². The van der Waals surface area contributed by atoms with Gasteiger partial charge in [-0.3, -0.25) is 0 Å². The second kappa shape index (κ2) is 6.19. The Kier molecular flexibility index (Phi) is 3.89. The molecule has 0 unspecified atom stereocenters. The molecular formula is C21H21NO4S. The van der Waals surface area contributed by atoms with Gasteiger partial charge in [0.2, 0.25) is 9.84 Å². The van der Waals surface area contributed by atoms with E-state index in [1.54, 1.807) is 36.4 Å². The molecule has 5 nitrogen and oxygen atoms in total. The van der Waals surface area contributed by atoms with Gasteiger partial charge in [0.25, 0.3) is 0 Å². The number of ether oxygens (including phenoxy) is 1. The topological polar surface area (TPSA) is 68.5 Å². The zero-order valence-corrected chi connectivity index (χ0v) is 15.7. The van der Waals surface area contributed by atoms with E-state index in [1.807, 2.05) is 12.1 Å². The largest absolute Gasteiger partial charge is 0.459 e. The van der Waals surface area contributed by atoms with Crippen molar-refractivity contribution in [2.45, 2.75) is 34.6 Å². The summed E-state index contributed by atoms with van der Waals surface area (Å²) in [6, 6.07) is 13.8. The van der Waals surface area contributed by atoms with Crippen molar-refractivity contribution in [2.24, 2.45) is 0 Å². The maximum atomic E-state index is 12.9. The van der Waals surface area contributed by atoms with E-state index in [4.69, 9.17) is 9.15 Å². The minimum atomic E-state index is -3.56. The van der Waals surface area contributed by atoms with Gasteiger partial charge >= 0.3 is 0 Å². The van der Waals surface area contributed by atoms with Gasteiger partial charge in [0.05, 0.1) is 15.3 Å². The SMILES string of the molecule is O=S(=O)(c1ccccc1)c1ccc2c3c(oc2c1)C1(CCOCC1)NCC3. The van der Waals surface area contributed by atoms with Crippen molar-refractivity contribution in [3.63, 3.8) is 0 Å². The molecule has 0 bridgehead atoms. The van der Waals surface area contributed by atoms with Crippen LogP contribution in [-0.2, 0) is 26.5 Å². The lowest BCUT2D eigenvalue weighted by atomic mass is 9.81.